The molecule has 19 heavy (non-hydrogen) atoms. The van der Waals surface area contributed by atoms with Crippen molar-refractivity contribution in [3.63, 3.8) is 0 Å². The average molecular weight is 255 g/mol. The molecule has 0 saturated carbocycles. The SMILES string of the molecule is CN(C)C[C@@H](c1ccccc1)[C@H](O)c1ccccc1. The molecule has 0 saturated heterocycles. The van der Waals surface area contributed by atoms with Gasteiger partial charge in [0.15, 0.2) is 0 Å². The van der Waals surface area contributed by atoms with E-state index >= 15 is 0 Å². The molecular weight excluding hydrogens is 234 g/mol. The minimum absolute atomic E-state index is 0.0820. The largest absolute Gasteiger partial charge is 0.388 e. The summed E-state index contributed by atoms with van der Waals surface area (Å²) in [5.41, 5.74) is 2.14. The van der Waals surface area contributed by atoms with Crippen LogP contribution in [0.3, 0.4) is 0 Å². The highest BCUT2D eigenvalue weighted by Crippen LogP contribution is 2.31. The highest BCUT2D eigenvalue weighted by atomic mass is 16.3. The summed E-state index contributed by atoms with van der Waals surface area (Å²) >= 11 is 0. The summed E-state index contributed by atoms with van der Waals surface area (Å²) in [4.78, 5) is 2.11. The minimum atomic E-state index is -0.481. The molecule has 2 nitrogen and oxygen atoms in total. The highest BCUT2D eigenvalue weighted by molar-refractivity contribution is 5.27. The summed E-state index contributed by atoms with van der Waals surface area (Å²) in [6.45, 7) is 0.820. The Balaban J connectivity index is 2.28. The van der Waals surface area contributed by atoms with Crippen LogP contribution in [-0.4, -0.2) is 30.6 Å². The molecule has 0 aliphatic rings. The van der Waals surface area contributed by atoms with E-state index in [0.29, 0.717) is 0 Å². The molecule has 2 rings (SSSR count). The van der Waals surface area contributed by atoms with E-state index in [9.17, 15) is 5.11 Å². The monoisotopic (exact) mass is 255 g/mol. The molecule has 0 bridgehead atoms. The van der Waals surface area contributed by atoms with Crippen LogP contribution in [-0.2, 0) is 0 Å². The second kappa shape index (κ2) is 6.50. The first-order valence-corrected chi connectivity index (χ1v) is 6.61. The summed E-state index contributed by atoms with van der Waals surface area (Å²) < 4.78 is 0. The predicted octanol–water partition coefficient (Wildman–Crippen LogP) is 3.07. The minimum Gasteiger partial charge on any atom is -0.388 e. The van der Waals surface area contributed by atoms with E-state index in [-0.39, 0.29) is 5.92 Å². The molecule has 2 aromatic rings. The van der Waals surface area contributed by atoms with E-state index < -0.39 is 6.10 Å². The van der Waals surface area contributed by atoms with Gasteiger partial charge in [0.05, 0.1) is 6.10 Å². The van der Waals surface area contributed by atoms with Crippen molar-refractivity contribution in [2.75, 3.05) is 20.6 Å². The van der Waals surface area contributed by atoms with Gasteiger partial charge in [-0.15, -0.1) is 0 Å². The van der Waals surface area contributed by atoms with Gasteiger partial charge >= 0.3 is 0 Å². The van der Waals surface area contributed by atoms with Crippen LogP contribution < -0.4 is 0 Å². The Morgan fingerprint density at radius 2 is 1.32 bits per heavy atom. The number of likely N-dealkylation sites (N-methyl/N-ethyl adjacent to an activating group) is 1. The molecule has 0 aliphatic heterocycles. The van der Waals surface area contributed by atoms with Gasteiger partial charge in [0.25, 0.3) is 0 Å². The Labute approximate surface area is 115 Å². The average Bonchev–Trinajstić information content (AvgIpc) is 2.46. The third-order valence-corrected chi connectivity index (χ3v) is 3.31. The summed E-state index contributed by atoms with van der Waals surface area (Å²) in [6, 6.07) is 20.1. The fraction of sp³-hybridized carbons (Fsp3) is 0.294. The van der Waals surface area contributed by atoms with Crippen LogP contribution in [0.1, 0.15) is 23.1 Å². The van der Waals surface area contributed by atoms with Crippen molar-refractivity contribution in [2.24, 2.45) is 0 Å². The molecule has 0 heterocycles. The van der Waals surface area contributed by atoms with Crippen molar-refractivity contribution in [1.29, 1.82) is 0 Å². The first-order chi connectivity index (χ1) is 9.18. The molecule has 0 aromatic heterocycles. The quantitative estimate of drug-likeness (QED) is 0.887. The van der Waals surface area contributed by atoms with Crippen LogP contribution in [0.15, 0.2) is 60.7 Å². The van der Waals surface area contributed by atoms with E-state index in [4.69, 9.17) is 0 Å². The number of nitrogens with zero attached hydrogens (tertiary/aromatic N) is 1. The lowest BCUT2D eigenvalue weighted by Gasteiger charge is -2.26. The van der Waals surface area contributed by atoms with Gasteiger partial charge in [0.2, 0.25) is 0 Å². The lowest BCUT2D eigenvalue weighted by molar-refractivity contribution is 0.129. The smallest absolute Gasteiger partial charge is 0.0870 e. The maximum atomic E-state index is 10.7. The standard InChI is InChI=1S/C17H21NO/c1-18(2)13-16(14-9-5-3-6-10-14)17(19)15-11-7-4-8-12-15/h3-12,16-17,19H,13H2,1-2H3/t16-,17+/m0/s1. The first kappa shape index (κ1) is 13.8. The van der Waals surface area contributed by atoms with Gasteiger partial charge in [-0.1, -0.05) is 60.7 Å². The fourth-order valence-corrected chi connectivity index (χ4v) is 2.36. The van der Waals surface area contributed by atoms with E-state index in [1.807, 2.05) is 62.6 Å². The molecule has 0 fully saturated rings. The van der Waals surface area contributed by atoms with Crippen molar-refractivity contribution in [3.05, 3.63) is 71.8 Å². The lowest BCUT2D eigenvalue weighted by atomic mass is 9.89. The maximum Gasteiger partial charge on any atom is 0.0870 e. The van der Waals surface area contributed by atoms with E-state index in [2.05, 4.69) is 17.0 Å². The molecule has 0 spiro atoms. The van der Waals surface area contributed by atoms with Gasteiger partial charge in [0, 0.05) is 12.5 Å². The Morgan fingerprint density at radius 1 is 0.842 bits per heavy atom. The Bertz CT molecular complexity index is 481. The molecule has 2 aromatic carbocycles. The second-order valence-corrected chi connectivity index (χ2v) is 5.13. The van der Waals surface area contributed by atoms with Crippen LogP contribution in [0, 0.1) is 0 Å². The molecule has 0 amide bonds. The van der Waals surface area contributed by atoms with Crippen molar-refractivity contribution >= 4 is 0 Å². The third kappa shape index (κ3) is 3.66. The lowest BCUT2D eigenvalue weighted by Crippen LogP contribution is -2.25. The van der Waals surface area contributed by atoms with Crippen LogP contribution in [0.5, 0.6) is 0 Å². The van der Waals surface area contributed by atoms with Crippen molar-refractivity contribution < 1.29 is 5.11 Å². The third-order valence-electron chi connectivity index (χ3n) is 3.31. The van der Waals surface area contributed by atoms with E-state index in [1.54, 1.807) is 0 Å². The van der Waals surface area contributed by atoms with Gasteiger partial charge in [-0.25, -0.2) is 0 Å². The number of aliphatic hydroxyl groups is 1. The Morgan fingerprint density at radius 3 is 1.79 bits per heavy atom. The Hall–Kier alpha value is -1.64. The maximum absolute atomic E-state index is 10.7. The summed E-state index contributed by atoms with van der Waals surface area (Å²) in [5, 5.41) is 10.7. The van der Waals surface area contributed by atoms with Crippen LogP contribution in [0.4, 0.5) is 0 Å². The number of benzene rings is 2. The van der Waals surface area contributed by atoms with Crippen LogP contribution >= 0.6 is 0 Å². The Kier molecular flexibility index (Phi) is 4.72. The molecule has 0 unspecified atom stereocenters. The molecule has 0 radical (unpaired) electrons. The predicted molar refractivity (Wildman–Crippen MR) is 79.1 cm³/mol. The van der Waals surface area contributed by atoms with Crippen LogP contribution in [0.25, 0.3) is 0 Å². The molecule has 1 N–H and O–H groups in total. The number of hydrogen-bond acceptors (Lipinski definition) is 2. The van der Waals surface area contributed by atoms with Crippen LogP contribution in [0.2, 0.25) is 0 Å². The van der Waals surface area contributed by atoms with Crippen molar-refractivity contribution in [3.8, 4) is 0 Å². The zero-order valence-electron chi connectivity index (χ0n) is 11.5. The summed E-state index contributed by atoms with van der Waals surface area (Å²) in [7, 11) is 4.07. The highest BCUT2D eigenvalue weighted by Gasteiger charge is 2.23. The molecule has 2 heteroatoms. The van der Waals surface area contributed by atoms with E-state index in [1.165, 1.54) is 5.56 Å². The fourth-order valence-electron chi connectivity index (χ4n) is 2.36. The van der Waals surface area contributed by atoms with Gasteiger partial charge < -0.3 is 10.0 Å². The zero-order chi connectivity index (χ0) is 13.7. The number of rotatable bonds is 5. The molecule has 2 atom stereocenters. The zero-order valence-corrected chi connectivity index (χ0v) is 11.5. The first-order valence-electron chi connectivity index (χ1n) is 6.61. The van der Waals surface area contributed by atoms with Gasteiger partial charge in [-0.05, 0) is 25.2 Å². The summed E-state index contributed by atoms with van der Waals surface area (Å²) in [6.07, 6.45) is -0.481. The van der Waals surface area contributed by atoms with E-state index in [0.717, 1.165) is 12.1 Å². The second-order valence-electron chi connectivity index (χ2n) is 5.13. The van der Waals surface area contributed by atoms with Gasteiger partial charge in [-0.2, -0.15) is 0 Å². The summed E-state index contributed by atoms with van der Waals surface area (Å²) in [5.74, 6) is 0.0820. The number of hydrogen-bond donors (Lipinski definition) is 1. The normalized spacial score (nSPS) is 14.3. The molecular formula is C17H21NO. The van der Waals surface area contributed by atoms with Crippen molar-refractivity contribution in [2.45, 2.75) is 12.0 Å². The number of aliphatic hydroxyl groups excluding tert-OH is 1. The van der Waals surface area contributed by atoms with Gasteiger partial charge in [0.1, 0.15) is 0 Å². The topological polar surface area (TPSA) is 23.5 Å². The van der Waals surface area contributed by atoms with Crippen molar-refractivity contribution in [1.82, 2.24) is 4.90 Å². The molecule has 0 aliphatic carbocycles. The van der Waals surface area contributed by atoms with Gasteiger partial charge in [-0.3, -0.25) is 0 Å². The molecule has 100 valence electrons.